The van der Waals surface area contributed by atoms with E-state index in [2.05, 4.69) is 29.0 Å². The minimum atomic E-state index is -3.51. The van der Waals surface area contributed by atoms with Crippen molar-refractivity contribution < 1.29 is 13.2 Å². The molecule has 0 atom stereocenters. The van der Waals surface area contributed by atoms with Crippen molar-refractivity contribution in [3.8, 4) is 0 Å². The van der Waals surface area contributed by atoms with Crippen LogP contribution in [0.25, 0.3) is 0 Å². The summed E-state index contributed by atoms with van der Waals surface area (Å²) >= 11 is 1.50. The zero-order chi connectivity index (χ0) is 19.8. The third-order valence-corrected chi connectivity index (χ3v) is 7.43. The van der Waals surface area contributed by atoms with E-state index in [0.29, 0.717) is 16.7 Å². The molecule has 0 fully saturated rings. The van der Waals surface area contributed by atoms with Gasteiger partial charge in [-0.15, -0.1) is 11.3 Å². The molecular formula is C18H24N4O3S2. The van der Waals surface area contributed by atoms with Gasteiger partial charge in [-0.25, -0.2) is 17.7 Å². The van der Waals surface area contributed by atoms with Crippen LogP contribution in [0.1, 0.15) is 34.8 Å². The molecule has 3 rings (SSSR count). The van der Waals surface area contributed by atoms with E-state index in [9.17, 15) is 13.2 Å². The van der Waals surface area contributed by atoms with E-state index >= 15 is 0 Å². The number of benzene rings is 1. The number of thiazole rings is 1. The molecule has 9 heteroatoms. The van der Waals surface area contributed by atoms with Gasteiger partial charge in [-0.05, 0) is 38.1 Å². The van der Waals surface area contributed by atoms with Crippen LogP contribution in [-0.4, -0.2) is 55.2 Å². The summed E-state index contributed by atoms with van der Waals surface area (Å²) < 4.78 is 25.3. The van der Waals surface area contributed by atoms with Crippen LogP contribution in [0.4, 0.5) is 5.13 Å². The van der Waals surface area contributed by atoms with Crippen LogP contribution < -0.4 is 5.32 Å². The van der Waals surface area contributed by atoms with Gasteiger partial charge in [0, 0.05) is 50.1 Å². The second-order valence-electron chi connectivity index (χ2n) is 6.97. The van der Waals surface area contributed by atoms with E-state index in [1.54, 1.807) is 0 Å². The Morgan fingerprint density at radius 1 is 1.26 bits per heavy atom. The number of anilines is 1. The maximum atomic E-state index is 12.5. The molecule has 2 heterocycles. The zero-order valence-corrected chi connectivity index (χ0v) is 17.5. The number of hydrogen-bond acceptors (Lipinski definition) is 6. The van der Waals surface area contributed by atoms with Crippen molar-refractivity contribution in [2.75, 3.05) is 26.0 Å². The third-order valence-electron chi connectivity index (χ3n) is 4.61. The van der Waals surface area contributed by atoms with E-state index in [0.717, 1.165) is 29.5 Å². The number of carbonyl (C=O) groups is 1. The Balaban J connectivity index is 1.72. The molecule has 1 aromatic carbocycles. The molecule has 1 aliphatic rings. The number of carbonyl (C=O) groups excluding carboxylic acids is 1. The van der Waals surface area contributed by atoms with Gasteiger partial charge < -0.3 is 0 Å². The Morgan fingerprint density at radius 2 is 1.93 bits per heavy atom. The largest absolute Gasteiger partial charge is 0.298 e. The molecule has 2 aromatic rings. The summed E-state index contributed by atoms with van der Waals surface area (Å²) in [6.07, 6.45) is 0.886. The lowest BCUT2D eigenvalue weighted by Crippen LogP contribution is -2.35. The Hall–Kier alpha value is -1.81. The van der Waals surface area contributed by atoms with Gasteiger partial charge in [-0.2, -0.15) is 0 Å². The fraction of sp³-hybridized carbons (Fsp3) is 0.444. The van der Waals surface area contributed by atoms with Crippen molar-refractivity contribution in [3.05, 3.63) is 40.4 Å². The standard InChI is InChI=1S/C18H24N4O3S2/c1-12(2)22-10-9-15-16(11-22)26-18(19-15)20-17(23)13-5-7-14(8-6-13)27(24,25)21(3)4/h5-8,12H,9-11H2,1-4H3,(H,19,20,23). The quantitative estimate of drug-likeness (QED) is 0.822. The molecule has 0 saturated heterocycles. The van der Waals surface area contributed by atoms with E-state index in [-0.39, 0.29) is 10.8 Å². The highest BCUT2D eigenvalue weighted by Crippen LogP contribution is 2.29. The van der Waals surface area contributed by atoms with Gasteiger partial charge in [-0.3, -0.25) is 15.0 Å². The molecule has 7 nitrogen and oxygen atoms in total. The second kappa shape index (κ2) is 7.67. The average Bonchev–Trinajstić information content (AvgIpc) is 3.02. The summed E-state index contributed by atoms with van der Waals surface area (Å²) in [6.45, 7) is 6.19. The molecule has 146 valence electrons. The zero-order valence-electron chi connectivity index (χ0n) is 15.9. The SMILES string of the molecule is CC(C)N1CCc2nc(NC(=O)c3ccc(S(=O)(=O)N(C)C)cc3)sc2C1. The first kappa shape index (κ1) is 19.9. The monoisotopic (exact) mass is 408 g/mol. The van der Waals surface area contributed by atoms with Crippen LogP contribution >= 0.6 is 11.3 Å². The summed E-state index contributed by atoms with van der Waals surface area (Å²) in [5, 5.41) is 3.41. The molecule has 1 aliphatic heterocycles. The highest BCUT2D eigenvalue weighted by molar-refractivity contribution is 7.89. The van der Waals surface area contributed by atoms with Crippen molar-refractivity contribution in [2.24, 2.45) is 0 Å². The first-order valence-electron chi connectivity index (χ1n) is 8.75. The number of amides is 1. The number of sulfonamides is 1. The van der Waals surface area contributed by atoms with Crippen LogP contribution in [0, 0.1) is 0 Å². The molecule has 1 amide bonds. The Morgan fingerprint density at radius 3 is 2.52 bits per heavy atom. The maximum Gasteiger partial charge on any atom is 0.257 e. The normalized spacial score (nSPS) is 15.2. The Kier molecular flexibility index (Phi) is 5.66. The minimum Gasteiger partial charge on any atom is -0.298 e. The first-order valence-corrected chi connectivity index (χ1v) is 11.0. The third kappa shape index (κ3) is 4.21. The van der Waals surface area contributed by atoms with Gasteiger partial charge in [-0.1, -0.05) is 0 Å². The highest BCUT2D eigenvalue weighted by Gasteiger charge is 2.23. The van der Waals surface area contributed by atoms with Crippen LogP contribution in [0.15, 0.2) is 29.2 Å². The first-order chi connectivity index (χ1) is 12.7. The molecule has 0 spiro atoms. The number of fused-ring (bicyclic) bond motifs is 1. The molecule has 0 aliphatic carbocycles. The number of aromatic nitrogens is 1. The summed E-state index contributed by atoms with van der Waals surface area (Å²) in [5.41, 5.74) is 1.45. The van der Waals surface area contributed by atoms with Crippen molar-refractivity contribution in [1.82, 2.24) is 14.2 Å². The molecule has 0 unspecified atom stereocenters. The Labute approximate surface area is 164 Å². The van der Waals surface area contributed by atoms with Gasteiger partial charge in [0.1, 0.15) is 0 Å². The summed E-state index contributed by atoms with van der Waals surface area (Å²) in [7, 11) is -0.560. The van der Waals surface area contributed by atoms with Gasteiger partial charge in [0.15, 0.2) is 5.13 Å². The van der Waals surface area contributed by atoms with E-state index < -0.39 is 10.0 Å². The minimum absolute atomic E-state index is 0.155. The lowest BCUT2D eigenvalue weighted by molar-refractivity contribution is 0.102. The Bertz CT molecular complexity index is 934. The summed E-state index contributed by atoms with van der Waals surface area (Å²) in [4.78, 5) is 20.8. The molecule has 1 N–H and O–H groups in total. The molecule has 0 bridgehead atoms. The molecule has 1 aromatic heterocycles. The van der Waals surface area contributed by atoms with Gasteiger partial charge in [0.05, 0.1) is 10.6 Å². The van der Waals surface area contributed by atoms with Crippen LogP contribution in [-0.2, 0) is 23.0 Å². The highest BCUT2D eigenvalue weighted by atomic mass is 32.2. The van der Waals surface area contributed by atoms with Crippen LogP contribution in [0.3, 0.4) is 0 Å². The number of rotatable bonds is 5. The van der Waals surface area contributed by atoms with Crippen LogP contribution in [0.2, 0.25) is 0 Å². The lowest BCUT2D eigenvalue weighted by atomic mass is 10.1. The van der Waals surface area contributed by atoms with Gasteiger partial charge in [0.2, 0.25) is 10.0 Å². The number of nitrogens with zero attached hydrogens (tertiary/aromatic N) is 3. The van der Waals surface area contributed by atoms with E-state index in [1.807, 2.05) is 0 Å². The van der Waals surface area contributed by atoms with Crippen molar-refractivity contribution in [2.45, 2.75) is 37.8 Å². The number of nitrogens with one attached hydrogen (secondary N) is 1. The van der Waals surface area contributed by atoms with Crippen LogP contribution in [0.5, 0.6) is 0 Å². The van der Waals surface area contributed by atoms with Gasteiger partial charge >= 0.3 is 0 Å². The maximum absolute atomic E-state index is 12.5. The van der Waals surface area contributed by atoms with Crippen molar-refractivity contribution in [3.63, 3.8) is 0 Å². The second-order valence-corrected chi connectivity index (χ2v) is 10.2. The average molecular weight is 409 g/mol. The molecular weight excluding hydrogens is 384 g/mol. The number of hydrogen-bond donors (Lipinski definition) is 1. The van der Waals surface area contributed by atoms with E-state index in [4.69, 9.17) is 0 Å². The van der Waals surface area contributed by atoms with Gasteiger partial charge in [0.25, 0.3) is 5.91 Å². The molecule has 27 heavy (non-hydrogen) atoms. The smallest absolute Gasteiger partial charge is 0.257 e. The lowest BCUT2D eigenvalue weighted by Gasteiger charge is -2.29. The predicted molar refractivity (Wildman–Crippen MR) is 107 cm³/mol. The van der Waals surface area contributed by atoms with Crippen molar-refractivity contribution >= 4 is 32.4 Å². The topological polar surface area (TPSA) is 82.6 Å². The summed E-state index contributed by atoms with van der Waals surface area (Å²) in [6, 6.07) is 6.39. The fourth-order valence-corrected chi connectivity index (χ4v) is 4.80. The fourth-order valence-electron chi connectivity index (χ4n) is 2.87. The predicted octanol–water partition coefficient (Wildman–Crippen LogP) is 2.41. The van der Waals surface area contributed by atoms with Crippen molar-refractivity contribution in [1.29, 1.82) is 0 Å². The molecule has 0 radical (unpaired) electrons. The van der Waals surface area contributed by atoms with E-state index in [1.165, 1.54) is 54.6 Å². The molecule has 0 saturated carbocycles. The summed E-state index contributed by atoms with van der Waals surface area (Å²) in [5.74, 6) is -0.296.